The Morgan fingerprint density at radius 1 is 1.18 bits per heavy atom. The fourth-order valence-electron chi connectivity index (χ4n) is 3.72. The predicted octanol–water partition coefficient (Wildman–Crippen LogP) is 2.92. The second-order valence-electron chi connectivity index (χ2n) is 6.62. The minimum absolute atomic E-state index is 0.281. The largest absolute Gasteiger partial charge is 0.506 e. The number of nitrogens with one attached hydrogen (secondary N) is 1. The number of para-hydroxylation sites is 1. The van der Waals surface area contributed by atoms with E-state index in [9.17, 15) is 14.7 Å². The minimum Gasteiger partial charge on any atom is -0.506 e. The summed E-state index contributed by atoms with van der Waals surface area (Å²) in [5, 5.41) is 13.9. The number of methoxy groups -OCH3 is 2. The van der Waals surface area contributed by atoms with Crippen LogP contribution >= 0.6 is 0 Å². The number of benzene rings is 2. The smallest absolute Gasteiger partial charge is 0.267 e. The molecular formula is C21H20N2O5. The molecule has 0 saturated carbocycles. The highest BCUT2D eigenvalue weighted by Gasteiger charge is 2.25. The quantitative estimate of drug-likeness (QED) is 0.726. The molecule has 7 heteroatoms. The first-order valence-electron chi connectivity index (χ1n) is 8.96. The number of amides is 1. The molecule has 0 bridgehead atoms. The van der Waals surface area contributed by atoms with Crippen LogP contribution in [0.3, 0.4) is 0 Å². The fourth-order valence-corrected chi connectivity index (χ4v) is 3.72. The van der Waals surface area contributed by atoms with Crippen molar-refractivity contribution in [2.75, 3.05) is 19.5 Å². The summed E-state index contributed by atoms with van der Waals surface area (Å²) in [5.74, 6) is -0.0662. The van der Waals surface area contributed by atoms with Gasteiger partial charge in [0.2, 0.25) is 0 Å². The number of aromatic hydroxyl groups is 1. The van der Waals surface area contributed by atoms with E-state index in [1.54, 1.807) is 28.8 Å². The highest BCUT2D eigenvalue weighted by Crippen LogP contribution is 2.33. The molecule has 0 aliphatic carbocycles. The van der Waals surface area contributed by atoms with Crippen molar-refractivity contribution in [2.24, 2.45) is 0 Å². The van der Waals surface area contributed by atoms with Crippen molar-refractivity contribution in [3.8, 4) is 17.2 Å². The topological polar surface area (TPSA) is 89.8 Å². The van der Waals surface area contributed by atoms with Gasteiger partial charge in [-0.3, -0.25) is 9.59 Å². The summed E-state index contributed by atoms with van der Waals surface area (Å²) in [4.78, 5) is 26.0. The zero-order valence-electron chi connectivity index (χ0n) is 15.6. The van der Waals surface area contributed by atoms with Gasteiger partial charge >= 0.3 is 0 Å². The Bertz CT molecular complexity index is 1150. The number of rotatable bonds is 4. The van der Waals surface area contributed by atoms with Crippen LogP contribution < -0.4 is 20.3 Å². The minimum atomic E-state index is -0.698. The molecular weight excluding hydrogens is 360 g/mol. The molecule has 2 N–H and O–H groups in total. The number of hydrogen-bond acceptors (Lipinski definition) is 5. The van der Waals surface area contributed by atoms with Gasteiger partial charge in [0.05, 0.1) is 25.4 Å². The third kappa shape index (κ3) is 2.76. The molecule has 144 valence electrons. The Hall–Kier alpha value is -3.48. The number of aryl methyl sites for hydroxylation is 2. The van der Waals surface area contributed by atoms with Crippen LogP contribution in [0.1, 0.15) is 22.3 Å². The van der Waals surface area contributed by atoms with Crippen molar-refractivity contribution < 1.29 is 19.4 Å². The molecule has 0 atom stereocenters. The normalized spacial score (nSPS) is 12.6. The molecule has 0 fully saturated rings. The third-order valence-electron chi connectivity index (χ3n) is 5.05. The second kappa shape index (κ2) is 6.92. The molecule has 0 spiro atoms. The SMILES string of the molecule is COc1ccc(OC)c(NC(=O)c2c(O)c3cccc4c3n(c2=O)CCC4)c1. The summed E-state index contributed by atoms with van der Waals surface area (Å²) in [5.41, 5.74) is 1.26. The average molecular weight is 380 g/mol. The van der Waals surface area contributed by atoms with Crippen LogP contribution in [0.4, 0.5) is 5.69 Å². The van der Waals surface area contributed by atoms with E-state index in [0.717, 1.165) is 18.4 Å². The highest BCUT2D eigenvalue weighted by molar-refractivity contribution is 6.10. The van der Waals surface area contributed by atoms with Crippen LogP contribution in [-0.4, -0.2) is 29.8 Å². The summed E-state index contributed by atoms with van der Waals surface area (Å²) >= 11 is 0. The first kappa shape index (κ1) is 17.9. The van der Waals surface area contributed by atoms with Crippen molar-refractivity contribution in [1.29, 1.82) is 0 Å². The number of nitrogens with zero attached hydrogens (tertiary/aromatic N) is 1. The number of carbonyl (C=O) groups is 1. The molecule has 28 heavy (non-hydrogen) atoms. The standard InChI is InChI=1S/C21H20N2O5/c1-27-13-8-9-16(28-2)15(11-13)22-20(25)17-19(24)14-7-3-5-12-6-4-10-23(18(12)14)21(17)26/h3,5,7-9,11,24H,4,6,10H2,1-2H3,(H,22,25). The summed E-state index contributed by atoms with van der Waals surface area (Å²) in [6.45, 7) is 0.509. The van der Waals surface area contributed by atoms with Gasteiger partial charge in [-0.05, 0) is 36.6 Å². The van der Waals surface area contributed by atoms with Crippen LogP contribution in [0.5, 0.6) is 17.2 Å². The van der Waals surface area contributed by atoms with Crippen molar-refractivity contribution in [2.45, 2.75) is 19.4 Å². The lowest BCUT2D eigenvalue weighted by molar-refractivity contribution is 0.102. The Kier molecular flexibility index (Phi) is 4.43. The highest BCUT2D eigenvalue weighted by atomic mass is 16.5. The zero-order valence-corrected chi connectivity index (χ0v) is 15.6. The molecule has 2 heterocycles. The van der Waals surface area contributed by atoms with E-state index in [-0.39, 0.29) is 11.3 Å². The van der Waals surface area contributed by atoms with Gasteiger partial charge in [-0.2, -0.15) is 0 Å². The monoisotopic (exact) mass is 380 g/mol. The maximum absolute atomic E-state index is 13.0. The van der Waals surface area contributed by atoms with Gasteiger partial charge in [0.1, 0.15) is 22.8 Å². The number of carbonyl (C=O) groups excluding carboxylic acids is 1. The van der Waals surface area contributed by atoms with Crippen molar-refractivity contribution in [3.63, 3.8) is 0 Å². The van der Waals surface area contributed by atoms with E-state index >= 15 is 0 Å². The van der Waals surface area contributed by atoms with Gasteiger partial charge in [0, 0.05) is 18.0 Å². The molecule has 1 amide bonds. The Labute approximate surface area is 161 Å². The van der Waals surface area contributed by atoms with Gasteiger partial charge in [0.15, 0.2) is 0 Å². The molecule has 1 aliphatic heterocycles. The summed E-state index contributed by atoms with van der Waals surface area (Å²) in [7, 11) is 2.99. The first-order valence-corrected chi connectivity index (χ1v) is 8.96. The Balaban J connectivity index is 1.85. The van der Waals surface area contributed by atoms with E-state index in [4.69, 9.17) is 9.47 Å². The van der Waals surface area contributed by atoms with E-state index in [0.29, 0.717) is 34.6 Å². The molecule has 2 aromatic carbocycles. The predicted molar refractivity (Wildman–Crippen MR) is 106 cm³/mol. The van der Waals surface area contributed by atoms with E-state index < -0.39 is 11.5 Å². The van der Waals surface area contributed by atoms with Gasteiger partial charge < -0.3 is 24.5 Å². The maximum Gasteiger partial charge on any atom is 0.267 e. The lowest BCUT2D eigenvalue weighted by Crippen LogP contribution is -2.31. The van der Waals surface area contributed by atoms with Crippen LogP contribution in [0, 0.1) is 0 Å². The van der Waals surface area contributed by atoms with Crippen molar-refractivity contribution in [1.82, 2.24) is 4.57 Å². The first-order chi connectivity index (χ1) is 13.5. The van der Waals surface area contributed by atoms with Gasteiger partial charge in [-0.1, -0.05) is 12.1 Å². The van der Waals surface area contributed by atoms with E-state index in [1.165, 1.54) is 14.2 Å². The van der Waals surface area contributed by atoms with Crippen molar-refractivity contribution >= 4 is 22.5 Å². The lowest BCUT2D eigenvalue weighted by atomic mass is 9.99. The van der Waals surface area contributed by atoms with Gasteiger partial charge in [-0.25, -0.2) is 0 Å². The maximum atomic E-state index is 13.0. The molecule has 0 saturated heterocycles. The molecule has 0 radical (unpaired) electrons. The summed E-state index contributed by atoms with van der Waals surface area (Å²) in [6.07, 6.45) is 1.64. The number of pyridine rings is 1. The third-order valence-corrected chi connectivity index (χ3v) is 5.05. The molecule has 4 rings (SSSR count). The van der Waals surface area contributed by atoms with Crippen LogP contribution in [0.15, 0.2) is 41.2 Å². The van der Waals surface area contributed by atoms with E-state index in [1.807, 2.05) is 12.1 Å². The fraction of sp³-hybridized carbons (Fsp3) is 0.238. The van der Waals surface area contributed by atoms with Crippen LogP contribution in [0.25, 0.3) is 10.9 Å². The van der Waals surface area contributed by atoms with Crippen LogP contribution in [0.2, 0.25) is 0 Å². The molecule has 0 unspecified atom stereocenters. The van der Waals surface area contributed by atoms with E-state index in [2.05, 4.69) is 5.32 Å². The number of hydrogen-bond donors (Lipinski definition) is 2. The van der Waals surface area contributed by atoms with Crippen LogP contribution in [-0.2, 0) is 13.0 Å². The van der Waals surface area contributed by atoms with Crippen molar-refractivity contribution in [3.05, 3.63) is 57.9 Å². The Morgan fingerprint density at radius 3 is 2.75 bits per heavy atom. The number of anilines is 1. The summed E-state index contributed by atoms with van der Waals surface area (Å²) < 4.78 is 12.0. The number of ether oxygens (including phenoxy) is 2. The Morgan fingerprint density at radius 2 is 2.00 bits per heavy atom. The summed E-state index contributed by atoms with van der Waals surface area (Å²) in [6, 6.07) is 10.4. The van der Waals surface area contributed by atoms with Gasteiger partial charge in [0.25, 0.3) is 11.5 Å². The second-order valence-corrected chi connectivity index (χ2v) is 6.62. The lowest BCUT2D eigenvalue weighted by Gasteiger charge is -2.21. The molecule has 3 aromatic rings. The number of aromatic nitrogens is 1. The average Bonchev–Trinajstić information content (AvgIpc) is 2.71. The molecule has 1 aromatic heterocycles. The molecule has 1 aliphatic rings. The molecule has 7 nitrogen and oxygen atoms in total. The zero-order chi connectivity index (χ0) is 19.8. The van der Waals surface area contributed by atoms with Gasteiger partial charge in [-0.15, -0.1) is 0 Å².